The zero-order valence-electron chi connectivity index (χ0n) is 9.00. The zero-order valence-corrected chi connectivity index (χ0v) is 9.00. The lowest BCUT2D eigenvalue weighted by molar-refractivity contribution is -0.101. The fourth-order valence-corrected chi connectivity index (χ4v) is 2.63. The Bertz CT molecular complexity index is 190. The van der Waals surface area contributed by atoms with Crippen LogP contribution in [0.15, 0.2) is 0 Å². The standard InChI is InChI=1S/C11H21NO2/c1-2-10(12)9-3-5-14-11(7-9)4-6-13-8-11/h9-10H,2-8,12H2,1H3. The average Bonchev–Trinajstić information content (AvgIpc) is 2.65. The van der Waals surface area contributed by atoms with Crippen molar-refractivity contribution in [1.29, 1.82) is 0 Å². The van der Waals surface area contributed by atoms with Gasteiger partial charge in [0, 0.05) is 25.7 Å². The molecule has 3 nitrogen and oxygen atoms in total. The highest BCUT2D eigenvalue weighted by molar-refractivity contribution is 4.92. The van der Waals surface area contributed by atoms with Gasteiger partial charge in [0.25, 0.3) is 0 Å². The molecule has 0 aromatic rings. The summed E-state index contributed by atoms with van der Waals surface area (Å²) in [7, 11) is 0. The normalized spacial score (nSPS) is 40.3. The molecule has 3 atom stereocenters. The van der Waals surface area contributed by atoms with Crippen LogP contribution >= 0.6 is 0 Å². The molecule has 82 valence electrons. The molecule has 3 unspecified atom stereocenters. The Balaban J connectivity index is 1.96. The van der Waals surface area contributed by atoms with Crippen molar-refractivity contribution in [3.8, 4) is 0 Å². The summed E-state index contributed by atoms with van der Waals surface area (Å²) in [5.74, 6) is 0.635. The number of ether oxygens (including phenoxy) is 2. The van der Waals surface area contributed by atoms with Crippen molar-refractivity contribution < 1.29 is 9.47 Å². The molecule has 2 N–H and O–H groups in total. The zero-order chi connectivity index (χ0) is 10.0. The van der Waals surface area contributed by atoms with E-state index in [0.29, 0.717) is 12.0 Å². The molecule has 2 fully saturated rings. The minimum absolute atomic E-state index is 0.0235. The van der Waals surface area contributed by atoms with Crippen LogP contribution in [0.3, 0.4) is 0 Å². The van der Waals surface area contributed by atoms with Gasteiger partial charge in [-0.3, -0.25) is 0 Å². The van der Waals surface area contributed by atoms with E-state index in [1.165, 1.54) is 0 Å². The Labute approximate surface area is 85.9 Å². The van der Waals surface area contributed by atoms with Gasteiger partial charge in [0.05, 0.1) is 12.2 Å². The Hall–Kier alpha value is -0.120. The van der Waals surface area contributed by atoms with Crippen molar-refractivity contribution >= 4 is 0 Å². The maximum absolute atomic E-state index is 6.10. The van der Waals surface area contributed by atoms with Crippen LogP contribution in [0.2, 0.25) is 0 Å². The van der Waals surface area contributed by atoms with Gasteiger partial charge < -0.3 is 15.2 Å². The van der Waals surface area contributed by atoms with Gasteiger partial charge in [-0.1, -0.05) is 6.92 Å². The highest BCUT2D eigenvalue weighted by Gasteiger charge is 2.41. The molecule has 0 saturated carbocycles. The maximum Gasteiger partial charge on any atom is 0.0939 e. The lowest BCUT2D eigenvalue weighted by Crippen LogP contribution is -2.45. The second-order valence-corrected chi connectivity index (χ2v) is 4.66. The first kappa shape index (κ1) is 10.4. The molecule has 2 rings (SSSR count). The molecule has 2 aliphatic heterocycles. The Morgan fingerprint density at radius 2 is 2.36 bits per heavy atom. The summed E-state index contributed by atoms with van der Waals surface area (Å²) in [5.41, 5.74) is 6.13. The largest absolute Gasteiger partial charge is 0.378 e. The first-order valence-electron chi connectivity index (χ1n) is 5.73. The van der Waals surface area contributed by atoms with Crippen molar-refractivity contribution in [2.24, 2.45) is 11.7 Å². The van der Waals surface area contributed by atoms with Gasteiger partial charge in [-0.15, -0.1) is 0 Å². The quantitative estimate of drug-likeness (QED) is 0.729. The van der Waals surface area contributed by atoms with E-state index in [4.69, 9.17) is 15.2 Å². The maximum atomic E-state index is 6.10. The second-order valence-electron chi connectivity index (χ2n) is 4.66. The molecule has 14 heavy (non-hydrogen) atoms. The molecule has 0 aromatic heterocycles. The number of hydrogen-bond acceptors (Lipinski definition) is 3. The van der Waals surface area contributed by atoms with E-state index in [0.717, 1.165) is 45.5 Å². The van der Waals surface area contributed by atoms with Gasteiger partial charge in [-0.25, -0.2) is 0 Å². The topological polar surface area (TPSA) is 44.5 Å². The Morgan fingerprint density at radius 1 is 1.50 bits per heavy atom. The first-order chi connectivity index (χ1) is 6.76. The predicted molar refractivity (Wildman–Crippen MR) is 55.1 cm³/mol. The monoisotopic (exact) mass is 199 g/mol. The molecule has 0 bridgehead atoms. The number of hydrogen-bond donors (Lipinski definition) is 1. The Morgan fingerprint density at radius 3 is 3.00 bits per heavy atom. The smallest absolute Gasteiger partial charge is 0.0939 e. The summed E-state index contributed by atoms with van der Waals surface area (Å²) in [6.07, 6.45) is 4.35. The van der Waals surface area contributed by atoms with E-state index >= 15 is 0 Å². The van der Waals surface area contributed by atoms with E-state index in [-0.39, 0.29) is 5.60 Å². The molecule has 0 aromatic carbocycles. The number of rotatable bonds is 2. The van der Waals surface area contributed by atoms with Crippen LogP contribution in [-0.4, -0.2) is 31.5 Å². The van der Waals surface area contributed by atoms with Crippen molar-refractivity contribution in [3.05, 3.63) is 0 Å². The van der Waals surface area contributed by atoms with Gasteiger partial charge in [0.2, 0.25) is 0 Å². The van der Waals surface area contributed by atoms with Crippen LogP contribution in [-0.2, 0) is 9.47 Å². The highest BCUT2D eigenvalue weighted by Crippen LogP contribution is 2.37. The van der Waals surface area contributed by atoms with Crippen LogP contribution < -0.4 is 5.73 Å². The minimum Gasteiger partial charge on any atom is -0.378 e. The first-order valence-corrected chi connectivity index (χ1v) is 5.73. The van der Waals surface area contributed by atoms with E-state index in [2.05, 4.69) is 6.92 Å². The van der Waals surface area contributed by atoms with Crippen LogP contribution in [0.5, 0.6) is 0 Å². The van der Waals surface area contributed by atoms with Crippen LogP contribution in [0.25, 0.3) is 0 Å². The summed E-state index contributed by atoms with van der Waals surface area (Å²) in [6, 6.07) is 0.344. The van der Waals surface area contributed by atoms with E-state index in [9.17, 15) is 0 Å². The predicted octanol–water partition coefficient (Wildman–Crippen LogP) is 1.31. The number of nitrogens with two attached hydrogens (primary N) is 1. The molecule has 0 amide bonds. The molecular weight excluding hydrogens is 178 g/mol. The van der Waals surface area contributed by atoms with E-state index in [1.807, 2.05) is 0 Å². The van der Waals surface area contributed by atoms with Gasteiger partial charge >= 0.3 is 0 Å². The van der Waals surface area contributed by atoms with Gasteiger partial charge in [0.15, 0.2) is 0 Å². The molecule has 0 aliphatic carbocycles. The SMILES string of the molecule is CCC(N)C1CCOC2(CCOC2)C1. The van der Waals surface area contributed by atoms with Crippen molar-refractivity contribution in [3.63, 3.8) is 0 Å². The van der Waals surface area contributed by atoms with Crippen molar-refractivity contribution in [2.45, 2.75) is 44.2 Å². The van der Waals surface area contributed by atoms with E-state index in [1.54, 1.807) is 0 Å². The molecule has 0 radical (unpaired) electrons. The molecule has 2 saturated heterocycles. The Kier molecular flexibility index (Phi) is 3.10. The molecule has 1 spiro atoms. The van der Waals surface area contributed by atoms with Gasteiger partial charge in [-0.05, 0) is 25.2 Å². The highest BCUT2D eigenvalue weighted by atomic mass is 16.6. The van der Waals surface area contributed by atoms with Crippen LogP contribution in [0.4, 0.5) is 0 Å². The third-order valence-electron chi connectivity index (χ3n) is 3.68. The summed E-state index contributed by atoms with van der Waals surface area (Å²) >= 11 is 0. The molecule has 3 heteroatoms. The lowest BCUT2D eigenvalue weighted by Gasteiger charge is -2.39. The summed E-state index contributed by atoms with van der Waals surface area (Å²) in [4.78, 5) is 0. The minimum atomic E-state index is 0.0235. The third-order valence-corrected chi connectivity index (χ3v) is 3.68. The van der Waals surface area contributed by atoms with E-state index < -0.39 is 0 Å². The second kappa shape index (κ2) is 4.17. The fraction of sp³-hybridized carbons (Fsp3) is 1.00. The molecule has 2 aliphatic rings. The third kappa shape index (κ3) is 1.95. The summed E-state index contributed by atoms with van der Waals surface area (Å²) < 4.78 is 11.3. The average molecular weight is 199 g/mol. The van der Waals surface area contributed by atoms with Crippen LogP contribution in [0.1, 0.15) is 32.6 Å². The summed E-state index contributed by atoms with van der Waals surface area (Å²) in [5, 5.41) is 0. The molecular formula is C11H21NO2. The fourth-order valence-electron chi connectivity index (χ4n) is 2.63. The van der Waals surface area contributed by atoms with Crippen LogP contribution in [0, 0.1) is 5.92 Å². The molecule has 2 heterocycles. The van der Waals surface area contributed by atoms with Gasteiger partial charge in [0.1, 0.15) is 0 Å². The van der Waals surface area contributed by atoms with Gasteiger partial charge in [-0.2, -0.15) is 0 Å². The van der Waals surface area contributed by atoms with Crippen molar-refractivity contribution in [1.82, 2.24) is 0 Å². The lowest BCUT2D eigenvalue weighted by atomic mass is 9.81. The van der Waals surface area contributed by atoms with Crippen molar-refractivity contribution in [2.75, 3.05) is 19.8 Å². The summed E-state index contributed by atoms with van der Waals surface area (Å²) in [6.45, 7) is 4.66.